The molecule has 0 bridgehead atoms. The van der Waals surface area contributed by atoms with Crippen LogP contribution < -0.4 is 4.90 Å². The van der Waals surface area contributed by atoms with E-state index in [-0.39, 0.29) is 0 Å². The lowest BCUT2D eigenvalue weighted by Crippen LogP contribution is -2.47. The Hall–Kier alpha value is -0.290. The van der Waals surface area contributed by atoms with E-state index in [4.69, 9.17) is 0 Å². The summed E-state index contributed by atoms with van der Waals surface area (Å²) in [5.41, 5.74) is 1.37. The maximum absolute atomic E-state index is 2.54. The lowest BCUT2D eigenvalue weighted by molar-refractivity contribution is 0.267. The van der Waals surface area contributed by atoms with E-state index in [9.17, 15) is 0 Å². The van der Waals surface area contributed by atoms with Gasteiger partial charge in [-0.3, -0.25) is 4.90 Å². The van der Waals surface area contributed by atoms with Gasteiger partial charge >= 0.3 is 0 Å². The second-order valence-electron chi connectivity index (χ2n) is 4.95. The SMILES string of the molecule is C[C](C)CN1CCN(c2cccc(I)c2)CC1. The molecule has 1 heterocycles. The number of piperazine rings is 1. The largest absolute Gasteiger partial charge is 0.369 e. The van der Waals surface area contributed by atoms with Crippen molar-refractivity contribution in [2.45, 2.75) is 13.8 Å². The lowest BCUT2D eigenvalue weighted by atomic mass is 10.2. The highest BCUT2D eigenvalue weighted by molar-refractivity contribution is 14.1. The van der Waals surface area contributed by atoms with Gasteiger partial charge in [0, 0.05) is 42.0 Å². The zero-order valence-electron chi connectivity index (χ0n) is 10.6. The third kappa shape index (κ3) is 3.85. The maximum Gasteiger partial charge on any atom is 0.0377 e. The van der Waals surface area contributed by atoms with Gasteiger partial charge in [-0.05, 0) is 46.7 Å². The Kier molecular flexibility index (Phi) is 4.68. The zero-order chi connectivity index (χ0) is 12.3. The van der Waals surface area contributed by atoms with E-state index < -0.39 is 0 Å². The highest BCUT2D eigenvalue weighted by atomic mass is 127. The van der Waals surface area contributed by atoms with Crippen molar-refractivity contribution in [3.05, 3.63) is 33.8 Å². The number of halogens is 1. The van der Waals surface area contributed by atoms with E-state index in [1.54, 1.807) is 0 Å². The predicted molar refractivity (Wildman–Crippen MR) is 82.4 cm³/mol. The molecule has 0 spiro atoms. The predicted octanol–water partition coefficient (Wildman–Crippen LogP) is 3.03. The van der Waals surface area contributed by atoms with Crippen molar-refractivity contribution >= 4 is 28.3 Å². The summed E-state index contributed by atoms with van der Waals surface area (Å²) in [5.74, 6) is 1.51. The Morgan fingerprint density at radius 1 is 1.18 bits per heavy atom. The van der Waals surface area contributed by atoms with E-state index in [0.29, 0.717) is 0 Å². The van der Waals surface area contributed by atoms with Crippen molar-refractivity contribution in [3.8, 4) is 0 Å². The van der Waals surface area contributed by atoms with Crippen LogP contribution in [0.25, 0.3) is 0 Å². The van der Waals surface area contributed by atoms with Crippen LogP contribution in [-0.4, -0.2) is 37.6 Å². The van der Waals surface area contributed by atoms with Crippen molar-refractivity contribution in [1.29, 1.82) is 0 Å². The fourth-order valence-corrected chi connectivity index (χ4v) is 2.81. The molecule has 0 aliphatic carbocycles. The Morgan fingerprint density at radius 3 is 2.47 bits per heavy atom. The zero-order valence-corrected chi connectivity index (χ0v) is 12.8. The average Bonchev–Trinajstić information content (AvgIpc) is 2.29. The molecule has 1 fully saturated rings. The summed E-state index contributed by atoms with van der Waals surface area (Å²) in [7, 11) is 0. The number of rotatable bonds is 3. The smallest absolute Gasteiger partial charge is 0.0377 e. The van der Waals surface area contributed by atoms with E-state index >= 15 is 0 Å². The Bertz CT molecular complexity index is 357. The highest BCUT2D eigenvalue weighted by Gasteiger charge is 2.17. The third-order valence-electron chi connectivity index (χ3n) is 3.09. The fraction of sp³-hybridized carbons (Fsp3) is 0.500. The van der Waals surface area contributed by atoms with E-state index in [0.717, 1.165) is 19.6 Å². The second-order valence-corrected chi connectivity index (χ2v) is 6.20. The number of hydrogen-bond donors (Lipinski definition) is 0. The molecule has 0 N–H and O–H groups in total. The highest BCUT2D eigenvalue weighted by Crippen LogP contribution is 2.19. The summed E-state index contributed by atoms with van der Waals surface area (Å²) in [5, 5.41) is 0. The first-order valence-corrected chi connectivity index (χ1v) is 7.25. The van der Waals surface area contributed by atoms with E-state index in [2.05, 4.69) is 70.5 Å². The van der Waals surface area contributed by atoms with Crippen LogP contribution in [0.4, 0.5) is 5.69 Å². The standard InChI is InChI=1S/C14H20IN2/c1-12(2)11-16-6-8-17(9-7-16)14-5-3-4-13(15)10-14/h3-5,10H,6-9,11H2,1-2H3. The molecule has 0 unspecified atom stereocenters. The van der Waals surface area contributed by atoms with E-state index in [1.165, 1.54) is 28.3 Å². The summed E-state index contributed by atoms with van der Waals surface area (Å²) in [6.45, 7) is 10.2. The summed E-state index contributed by atoms with van der Waals surface area (Å²) in [4.78, 5) is 5.03. The monoisotopic (exact) mass is 343 g/mol. The second kappa shape index (κ2) is 6.05. The van der Waals surface area contributed by atoms with Crippen LogP contribution in [0, 0.1) is 9.49 Å². The minimum atomic E-state index is 1.15. The van der Waals surface area contributed by atoms with Gasteiger partial charge in [-0.15, -0.1) is 0 Å². The molecule has 1 aromatic rings. The molecule has 1 saturated heterocycles. The molecule has 2 rings (SSSR count). The van der Waals surface area contributed by atoms with Crippen LogP contribution in [0.1, 0.15) is 13.8 Å². The number of nitrogens with zero attached hydrogens (tertiary/aromatic N) is 2. The minimum absolute atomic E-state index is 1.15. The Balaban J connectivity index is 1.91. The molecule has 1 aliphatic heterocycles. The van der Waals surface area contributed by atoms with Crippen molar-refractivity contribution in [3.63, 3.8) is 0 Å². The summed E-state index contributed by atoms with van der Waals surface area (Å²) in [6.07, 6.45) is 0. The van der Waals surface area contributed by atoms with Gasteiger partial charge in [0.05, 0.1) is 0 Å². The number of hydrogen-bond acceptors (Lipinski definition) is 2. The minimum Gasteiger partial charge on any atom is -0.369 e. The van der Waals surface area contributed by atoms with Crippen LogP contribution in [0.15, 0.2) is 24.3 Å². The van der Waals surface area contributed by atoms with Crippen LogP contribution in [0.5, 0.6) is 0 Å². The average molecular weight is 343 g/mol. The Labute approximate surface area is 118 Å². The third-order valence-corrected chi connectivity index (χ3v) is 3.76. The van der Waals surface area contributed by atoms with Crippen molar-refractivity contribution in [2.75, 3.05) is 37.6 Å². The molecule has 0 atom stereocenters. The van der Waals surface area contributed by atoms with Gasteiger partial charge in [0.1, 0.15) is 0 Å². The molecule has 2 nitrogen and oxygen atoms in total. The Morgan fingerprint density at radius 2 is 1.88 bits per heavy atom. The van der Waals surface area contributed by atoms with Crippen LogP contribution in [0.3, 0.4) is 0 Å². The topological polar surface area (TPSA) is 6.48 Å². The van der Waals surface area contributed by atoms with Gasteiger partial charge in [0.25, 0.3) is 0 Å². The van der Waals surface area contributed by atoms with Crippen molar-refractivity contribution < 1.29 is 0 Å². The van der Waals surface area contributed by atoms with Gasteiger partial charge in [-0.1, -0.05) is 19.9 Å². The summed E-state index contributed by atoms with van der Waals surface area (Å²) >= 11 is 2.38. The maximum atomic E-state index is 2.54. The summed E-state index contributed by atoms with van der Waals surface area (Å²) < 4.78 is 1.32. The van der Waals surface area contributed by atoms with Gasteiger partial charge in [-0.25, -0.2) is 0 Å². The van der Waals surface area contributed by atoms with Gasteiger partial charge < -0.3 is 4.90 Å². The van der Waals surface area contributed by atoms with Crippen LogP contribution in [-0.2, 0) is 0 Å². The lowest BCUT2D eigenvalue weighted by Gasteiger charge is -2.36. The molecule has 0 amide bonds. The first kappa shape index (κ1) is 13.1. The first-order valence-electron chi connectivity index (χ1n) is 6.17. The first-order chi connectivity index (χ1) is 8.15. The molecule has 0 saturated carbocycles. The van der Waals surface area contributed by atoms with Gasteiger partial charge in [-0.2, -0.15) is 0 Å². The van der Waals surface area contributed by atoms with Crippen molar-refractivity contribution in [1.82, 2.24) is 4.90 Å². The number of benzene rings is 1. The molecular weight excluding hydrogens is 323 g/mol. The van der Waals surface area contributed by atoms with E-state index in [1.807, 2.05) is 0 Å². The number of anilines is 1. The molecule has 1 aliphatic rings. The molecule has 1 radical (unpaired) electrons. The molecular formula is C14H20IN2. The van der Waals surface area contributed by atoms with Gasteiger partial charge in [0.15, 0.2) is 0 Å². The fourth-order valence-electron chi connectivity index (χ4n) is 2.28. The van der Waals surface area contributed by atoms with Gasteiger partial charge in [0.2, 0.25) is 0 Å². The molecule has 0 aromatic heterocycles. The normalized spacial score (nSPS) is 17.8. The molecule has 17 heavy (non-hydrogen) atoms. The van der Waals surface area contributed by atoms with Crippen LogP contribution in [0.2, 0.25) is 0 Å². The van der Waals surface area contributed by atoms with Crippen LogP contribution >= 0.6 is 22.6 Å². The summed E-state index contributed by atoms with van der Waals surface area (Å²) in [6, 6.07) is 8.78. The molecule has 3 heteroatoms. The molecule has 93 valence electrons. The molecule has 1 aromatic carbocycles. The quantitative estimate of drug-likeness (QED) is 0.779. The van der Waals surface area contributed by atoms with Crippen molar-refractivity contribution in [2.24, 2.45) is 0 Å².